The number of aliphatic hydroxyl groups is 1. The lowest BCUT2D eigenvalue weighted by atomic mass is 10.0. The quantitative estimate of drug-likeness (QED) is 0.538. The van der Waals surface area contributed by atoms with E-state index < -0.39 is 12.1 Å². The zero-order valence-electron chi connectivity index (χ0n) is 7.31. The van der Waals surface area contributed by atoms with Gasteiger partial charge in [-0.05, 0) is 13.0 Å². The SMILES string of the molecule is CC(O)[C@@H](N)c1cccc(S)c1O. The highest BCUT2D eigenvalue weighted by atomic mass is 32.1. The number of aliphatic hydroxyl groups excluding tert-OH is 1. The van der Waals surface area contributed by atoms with E-state index in [2.05, 4.69) is 12.6 Å². The fourth-order valence-corrected chi connectivity index (χ4v) is 1.29. The van der Waals surface area contributed by atoms with E-state index in [9.17, 15) is 10.2 Å². The van der Waals surface area contributed by atoms with Gasteiger partial charge in [0, 0.05) is 10.5 Å². The molecule has 0 saturated heterocycles. The van der Waals surface area contributed by atoms with Gasteiger partial charge in [0.1, 0.15) is 5.75 Å². The lowest BCUT2D eigenvalue weighted by Gasteiger charge is -2.16. The number of benzene rings is 1. The van der Waals surface area contributed by atoms with E-state index in [-0.39, 0.29) is 5.75 Å². The normalized spacial score (nSPS) is 15.4. The minimum absolute atomic E-state index is 0.0410. The highest BCUT2D eigenvalue weighted by Crippen LogP contribution is 2.30. The van der Waals surface area contributed by atoms with E-state index >= 15 is 0 Å². The minimum Gasteiger partial charge on any atom is -0.506 e. The van der Waals surface area contributed by atoms with Crippen LogP contribution in [0.4, 0.5) is 0 Å². The number of nitrogens with two attached hydrogens (primary N) is 1. The molecule has 1 aromatic rings. The Kier molecular flexibility index (Phi) is 3.19. The van der Waals surface area contributed by atoms with Crippen molar-refractivity contribution in [3.63, 3.8) is 0 Å². The summed E-state index contributed by atoms with van der Waals surface area (Å²) in [5.74, 6) is 0.0410. The summed E-state index contributed by atoms with van der Waals surface area (Å²) >= 11 is 4.04. The number of phenols is 1. The second kappa shape index (κ2) is 4.00. The number of phenolic OH excluding ortho intramolecular Hbond substituents is 1. The van der Waals surface area contributed by atoms with Crippen molar-refractivity contribution < 1.29 is 10.2 Å². The summed E-state index contributed by atoms with van der Waals surface area (Å²) in [5.41, 5.74) is 6.18. The summed E-state index contributed by atoms with van der Waals surface area (Å²) in [7, 11) is 0. The maximum absolute atomic E-state index is 9.55. The van der Waals surface area contributed by atoms with E-state index in [0.29, 0.717) is 10.5 Å². The second-order valence-corrected chi connectivity index (χ2v) is 3.46. The van der Waals surface area contributed by atoms with Crippen LogP contribution < -0.4 is 5.73 Å². The Labute approximate surface area is 82.6 Å². The third-order valence-electron chi connectivity index (χ3n) is 1.92. The van der Waals surface area contributed by atoms with Crippen LogP contribution in [-0.4, -0.2) is 16.3 Å². The molecule has 4 heteroatoms. The maximum atomic E-state index is 9.55. The lowest BCUT2D eigenvalue weighted by Crippen LogP contribution is -2.23. The molecule has 0 bridgehead atoms. The van der Waals surface area contributed by atoms with Crippen molar-refractivity contribution in [3.05, 3.63) is 23.8 Å². The van der Waals surface area contributed by atoms with Crippen LogP contribution in [0.1, 0.15) is 18.5 Å². The summed E-state index contributed by atoms with van der Waals surface area (Å²) in [6.07, 6.45) is -0.693. The molecule has 0 amide bonds. The molecule has 13 heavy (non-hydrogen) atoms. The Bertz CT molecular complexity index is 302. The van der Waals surface area contributed by atoms with Gasteiger partial charge >= 0.3 is 0 Å². The Morgan fingerprint density at radius 1 is 1.46 bits per heavy atom. The van der Waals surface area contributed by atoms with Crippen LogP contribution in [0.2, 0.25) is 0 Å². The highest BCUT2D eigenvalue weighted by Gasteiger charge is 2.16. The van der Waals surface area contributed by atoms with Gasteiger partial charge in [-0.15, -0.1) is 12.6 Å². The van der Waals surface area contributed by atoms with Crippen LogP contribution in [0, 0.1) is 0 Å². The molecule has 4 N–H and O–H groups in total. The number of rotatable bonds is 2. The summed E-state index contributed by atoms with van der Waals surface area (Å²) in [4.78, 5) is 0.466. The molecule has 0 spiro atoms. The minimum atomic E-state index is -0.693. The summed E-state index contributed by atoms with van der Waals surface area (Å²) in [6, 6.07) is 4.50. The van der Waals surface area contributed by atoms with E-state index in [4.69, 9.17) is 5.73 Å². The zero-order valence-corrected chi connectivity index (χ0v) is 8.20. The molecule has 0 aliphatic rings. The predicted molar refractivity (Wildman–Crippen MR) is 54.0 cm³/mol. The number of aromatic hydroxyl groups is 1. The largest absolute Gasteiger partial charge is 0.506 e. The molecule has 0 heterocycles. The Morgan fingerprint density at radius 2 is 2.08 bits per heavy atom. The fourth-order valence-electron chi connectivity index (χ4n) is 1.08. The van der Waals surface area contributed by atoms with Crippen LogP contribution in [0.5, 0.6) is 5.75 Å². The fraction of sp³-hybridized carbons (Fsp3) is 0.333. The van der Waals surface area contributed by atoms with Gasteiger partial charge in [0.05, 0.1) is 12.1 Å². The van der Waals surface area contributed by atoms with Gasteiger partial charge in [0.15, 0.2) is 0 Å². The van der Waals surface area contributed by atoms with Crippen molar-refractivity contribution in [1.29, 1.82) is 0 Å². The molecular weight excluding hydrogens is 186 g/mol. The zero-order chi connectivity index (χ0) is 10.0. The smallest absolute Gasteiger partial charge is 0.133 e. The van der Waals surface area contributed by atoms with Crippen LogP contribution in [0.15, 0.2) is 23.1 Å². The number of thiol groups is 1. The molecule has 0 aliphatic heterocycles. The molecule has 0 aromatic heterocycles. The number of hydrogen-bond donors (Lipinski definition) is 4. The summed E-state index contributed by atoms with van der Waals surface area (Å²) < 4.78 is 0. The maximum Gasteiger partial charge on any atom is 0.133 e. The van der Waals surface area contributed by atoms with Gasteiger partial charge in [-0.1, -0.05) is 12.1 Å². The lowest BCUT2D eigenvalue weighted by molar-refractivity contribution is 0.162. The molecule has 2 atom stereocenters. The summed E-state index contributed by atoms with van der Waals surface area (Å²) in [6.45, 7) is 1.58. The van der Waals surface area contributed by atoms with E-state index in [1.807, 2.05) is 0 Å². The molecule has 0 aliphatic carbocycles. The van der Waals surface area contributed by atoms with Crippen molar-refractivity contribution in [3.8, 4) is 5.75 Å². The molecule has 1 aromatic carbocycles. The molecule has 1 unspecified atom stereocenters. The highest BCUT2D eigenvalue weighted by molar-refractivity contribution is 7.80. The van der Waals surface area contributed by atoms with E-state index in [1.165, 1.54) is 0 Å². The first kappa shape index (κ1) is 10.4. The van der Waals surface area contributed by atoms with Crippen molar-refractivity contribution >= 4 is 12.6 Å². The Morgan fingerprint density at radius 3 is 2.62 bits per heavy atom. The monoisotopic (exact) mass is 199 g/mol. The van der Waals surface area contributed by atoms with Gasteiger partial charge in [0.2, 0.25) is 0 Å². The van der Waals surface area contributed by atoms with Crippen molar-refractivity contribution in [2.24, 2.45) is 5.73 Å². The number of para-hydroxylation sites is 1. The van der Waals surface area contributed by atoms with Gasteiger partial charge < -0.3 is 15.9 Å². The van der Waals surface area contributed by atoms with E-state index in [1.54, 1.807) is 25.1 Å². The Balaban J connectivity index is 3.07. The first-order valence-corrected chi connectivity index (χ1v) is 4.43. The second-order valence-electron chi connectivity index (χ2n) is 2.98. The van der Waals surface area contributed by atoms with Crippen LogP contribution >= 0.6 is 12.6 Å². The molecule has 72 valence electrons. The third kappa shape index (κ3) is 2.15. The van der Waals surface area contributed by atoms with Crippen LogP contribution in [0.25, 0.3) is 0 Å². The Hall–Kier alpha value is -0.710. The summed E-state index contributed by atoms with van der Waals surface area (Å²) in [5, 5.41) is 18.8. The van der Waals surface area contributed by atoms with Gasteiger partial charge in [-0.25, -0.2) is 0 Å². The van der Waals surface area contributed by atoms with Crippen molar-refractivity contribution in [2.45, 2.75) is 24.0 Å². The molecule has 3 nitrogen and oxygen atoms in total. The standard InChI is InChI=1S/C9H13NO2S/c1-5(11)8(10)6-3-2-4-7(13)9(6)12/h2-5,8,11-13H,10H2,1H3/t5?,8-/m1/s1. The van der Waals surface area contributed by atoms with E-state index in [0.717, 1.165) is 0 Å². The van der Waals surface area contributed by atoms with Crippen LogP contribution in [-0.2, 0) is 0 Å². The molecule has 0 saturated carbocycles. The third-order valence-corrected chi connectivity index (χ3v) is 2.29. The first-order chi connectivity index (χ1) is 6.04. The first-order valence-electron chi connectivity index (χ1n) is 3.98. The average Bonchev–Trinajstić information content (AvgIpc) is 2.08. The van der Waals surface area contributed by atoms with Crippen LogP contribution in [0.3, 0.4) is 0 Å². The van der Waals surface area contributed by atoms with Crippen molar-refractivity contribution in [1.82, 2.24) is 0 Å². The topological polar surface area (TPSA) is 66.5 Å². The molecule has 1 rings (SSSR count). The average molecular weight is 199 g/mol. The predicted octanol–water partition coefficient (Wildman–Crippen LogP) is 1.06. The number of hydrogen-bond acceptors (Lipinski definition) is 4. The van der Waals surface area contributed by atoms with Gasteiger partial charge in [0.25, 0.3) is 0 Å². The molecule has 0 radical (unpaired) electrons. The molecule has 0 fully saturated rings. The van der Waals surface area contributed by atoms with Gasteiger partial charge in [-0.2, -0.15) is 0 Å². The molecular formula is C9H13NO2S. The van der Waals surface area contributed by atoms with Crippen molar-refractivity contribution in [2.75, 3.05) is 0 Å². The van der Waals surface area contributed by atoms with Gasteiger partial charge in [-0.3, -0.25) is 0 Å².